The summed E-state index contributed by atoms with van der Waals surface area (Å²) >= 11 is 0. The third kappa shape index (κ3) is 1.93. The van der Waals surface area contributed by atoms with E-state index in [0.29, 0.717) is 0 Å². The summed E-state index contributed by atoms with van der Waals surface area (Å²) in [5.41, 5.74) is 0.115. The van der Waals surface area contributed by atoms with Crippen molar-refractivity contribution in [2.24, 2.45) is 0 Å². The zero-order valence-electron chi connectivity index (χ0n) is 9.16. The summed E-state index contributed by atoms with van der Waals surface area (Å²) in [6, 6.07) is 7.78. The van der Waals surface area contributed by atoms with Crippen molar-refractivity contribution in [1.82, 2.24) is 0 Å². The largest absolute Gasteiger partial charge is 0.508 e. The van der Waals surface area contributed by atoms with Crippen molar-refractivity contribution >= 4 is 5.78 Å². The zero-order chi connectivity index (χ0) is 13.3. The summed E-state index contributed by atoms with van der Waals surface area (Å²) in [6.07, 6.45) is 0. The van der Waals surface area contributed by atoms with E-state index in [1.165, 1.54) is 30.3 Å². The van der Waals surface area contributed by atoms with Crippen LogP contribution in [0.4, 0.5) is 0 Å². The highest BCUT2D eigenvalue weighted by molar-refractivity contribution is 6.11. The molecule has 92 valence electrons. The van der Waals surface area contributed by atoms with Crippen molar-refractivity contribution in [3.8, 4) is 23.0 Å². The maximum Gasteiger partial charge on any atom is 0.201 e. The van der Waals surface area contributed by atoms with Crippen LogP contribution < -0.4 is 0 Å². The van der Waals surface area contributed by atoms with Gasteiger partial charge in [0.25, 0.3) is 0 Å². The van der Waals surface area contributed by atoms with Crippen LogP contribution in [-0.4, -0.2) is 26.2 Å². The van der Waals surface area contributed by atoms with E-state index >= 15 is 0 Å². The molecular formula is C13H10O5. The Labute approximate surface area is 102 Å². The topological polar surface area (TPSA) is 98.0 Å². The van der Waals surface area contributed by atoms with Gasteiger partial charge in [0.2, 0.25) is 5.75 Å². The van der Waals surface area contributed by atoms with Gasteiger partial charge in [-0.25, -0.2) is 0 Å². The predicted octanol–water partition coefficient (Wildman–Crippen LogP) is 1.74. The fraction of sp³-hybridized carbons (Fsp3) is 0. The minimum absolute atomic E-state index is 0.0179. The molecule has 0 aliphatic carbocycles. The standard InChI is InChI=1S/C13H10O5/c14-8-3-1-7(2-4-8)11(16)9-5-6-10(15)13(18)12(9)17/h1-6,14-15,17-18H. The van der Waals surface area contributed by atoms with Gasteiger partial charge in [-0.1, -0.05) is 0 Å². The van der Waals surface area contributed by atoms with Crippen molar-refractivity contribution in [3.05, 3.63) is 47.5 Å². The Morgan fingerprint density at radius 3 is 2.00 bits per heavy atom. The van der Waals surface area contributed by atoms with Crippen LogP contribution in [0.3, 0.4) is 0 Å². The third-order valence-electron chi connectivity index (χ3n) is 2.50. The molecule has 0 heterocycles. The fourth-order valence-corrected chi connectivity index (χ4v) is 1.52. The Morgan fingerprint density at radius 1 is 0.778 bits per heavy atom. The number of benzene rings is 2. The van der Waals surface area contributed by atoms with Gasteiger partial charge in [0.15, 0.2) is 17.3 Å². The molecule has 0 saturated carbocycles. The first-order chi connectivity index (χ1) is 8.50. The second kappa shape index (κ2) is 4.29. The van der Waals surface area contributed by atoms with Gasteiger partial charge < -0.3 is 20.4 Å². The maximum atomic E-state index is 12.0. The number of rotatable bonds is 2. The van der Waals surface area contributed by atoms with Crippen LogP contribution in [0.25, 0.3) is 0 Å². The second-order valence-electron chi connectivity index (χ2n) is 3.71. The quantitative estimate of drug-likeness (QED) is 0.478. The van der Waals surface area contributed by atoms with Gasteiger partial charge >= 0.3 is 0 Å². The van der Waals surface area contributed by atoms with Gasteiger partial charge in [-0.3, -0.25) is 4.79 Å². The molecule has 0 aliphatic rings. The molecule has 0 bridgehead atoms. The lowest BCUT2D eigenvalue weighted by molar-refractivity contribution is 0.103. The third-order valence-corrected chi connectivity index (χ3v) is 2.50. The van der Waals surface area contributed by atoms with E-state index in [0.717, 1.165) is 6.07 Å². The number of ketones is 1. The molecular weight excluding hydrogens is 236 g/mol. The number of carbonyl (C=O) groups is 1. The van der Waals surface area contributed by atoms with Gasteiger partial charge in [0.1, 0.15) is 5.75 Å². The van der Waals surface area contributed by atoms with Crippen LogP contribution in [0.15, 0.2) is 36.4 Å². The monoisotopic (exact) mass is 246 g/mol. The molecule has 0 amide bonds. The molecule has 2 aromatic carbocycles. The maximum absolute atomic E-state index is 12.0. The Kier molecular flexibility index (Phi) is 2.81. The average Bonchev–Trinajstić information content (AvgIpc) is 2.36. The molecule has 0 atom stereocenters. The van der Waals surface area contributed by atoms with E-state index in [-0.39, 0.29) is 16.9 Å². The summed E-state index contributed by atoms with van der Waals surface area (Å²) in [6.45, 7) is 0. The molecule has 0 fully saturated rings. The molecule has 18 heavy (non-hydrogen) atoms. The van der Waals surface area contributed by atoms with Crippen LogP contribution in [0.1, 0.15) is 15.9 Å². The van der Waals surface area contributed by atoms with E-state index < -0.39 is 23.0 Å². The van der Waals surface area contributed by atoms with E-state index in [2.05, 4.69) is 0 Å². The lowest BCUT2D eigenvalue weighted by atomic mass is 10.0. The number of phenolic OH excluding ortho intramolecular Hbond substituents is 4. The van der Waals surface area contributed by atoms with E-state index in [1.54, 1.807) is 0 Å². The summed E-state index contributed by atoms with van der Waals surface area (Å²) in [4.78, 5) is 12.0. The molecule has 0 spiro atoms. The van der Waals surface area contributed by atoms with Crippen molar-refractivity contribution in [1.29, 1.82) is 0 Å². The highest BCUT2D eigenvalue weighted by atomic mass is 16.3. The summed E-state index contributed by atoms with van der Waals surface area (Å²) in [5, 5.41) is 37.2. The van der Waals surface area contributed by atoms with Gasteiger partial charge in [-0.05, 0) is 36.4 Å². The van der Waals surface area contributed by atoms with Gasteiger partial charge in [0, 0.05) is 5.56 Å². The number of hydrogen-bond donors (Lipinski definition) is 4. The first kappa shape index (κ1) is 11.8. The molecule has 2 aromatic rings. The zero-order valence-corrected chi connectivity index (χ0v) is 9.16. The van der Waals surface area contributed by atoms with Gasteiger partial charge in [0.05, 0.1) is 5.56 Å². The van der Waals surface area contributed by atoms with Crippen molar-refractivity contribution in [3.63, 3.8) is 0 Å². The first-order valence-corrected chi connectivity index (χ1v) is 5.08. The molecule has 2 rings (SSSR count). The number of phenols is 4. The molecule has 5 heteroatoms. The number of aromatic hydroxyl groups is 4. The summed E-state index contributed by atoms with van der Waals surface area (Å²) in [5.74, 6) is -2.42. The van der Waals surface area contributed by atoms with Crippen molar-refractivity contribution in [2.75, 3.05) is 0 Å². The molecule has 0 unspecified atom stereocenters. The number of carbonyl (C=O) groups excluding carboxylic acids is 1. The Hall–Kier alpha value is -2.69. The van der Waals surface area contributed by atoms with Gasteiger partial charge in [-0.2, -0.15) is 0 Å². The van der Waals surface area contributed by atoms with Crippen LogP contribution >= 0.6 is 0 Å². The molecule has 0 aliphatic heterocycles. The average molecular weight is 246 g/mol. The molecule has 0 radical (unpaired) electrons. The summed E-state index contributed by atoms with van der Waals surface area (Å²) < 4.78 is 0. The minimum Gasteiger partial charge on any atom is -0.508 e. The Morgan fingerprint density at radius 2 is 1.39 bits per heavy atom. The Balaban J connectivity index is 2.46. The molecule has 4 N–H and O–H groups in total. The van der Waals surface area contributed by atoms with Crippen LogP contribution in [0.2, 0.25) is 0 Å². The molecule has 5 nitrogen and oxygen atoms in total. The van der Waals surface area contributed by atoms with Crippen LogP contribution in [0.5, 0.6) is 23.0 Å². The smallest absolute Gasteiger partial charge is 0.201 e. The SMILES string of the molecule is O=C(c1ccc(O)cc1)c1ccc(O)c(O)c1O. The lowest BCUT2D eigenvalue weighted by Crippen LogP contribution is -2.01. The Bertz CT molecular complexity index is 602. The molecule has 0 saturated heterocycles. The van der Waals surface area contributed by atoms with Crippen LogP contribution in [-0.2, 0) is 0 Å². The minimum atomic E-state index is -0.736. The predicted molar refractivity (Wildman–Crippen MR) is 63.0 cm³/mol. The lowest BCUT2D eigenvalue weighted by Gasteiger charge is -2.06. The van der Waals surface area contributed by atoms with Crippen LogP contribution in [0, 0.1) is 0 Å². The second-order valence-corrected chi connectivity index (χ2v) is 3.71. The van der Waals surface area contributed by atoms with E-state index in [4.69, 9.17) is 10.2 Å². The highest BCUT2D eigenvalue weighted by Gasteiger charge is 2.18. The summed E-state index contributed by atoms with van der Waals surface area (Å²) in [7, 11) is 0. The van der Waals surface area contributed by atoms with Crippen molar-refractivity contribution in [2.45, 2.75) is 0 Å². The molecule has 0 aromatic heterocycles. The van der Waals surface area contributed by atoms with E-state index in [9.17, 15) is 15.0 Å². The normalized spacial score (nSPS) is 10.2. The van der Waals surface area contributed by atoms with E-state index in [1.807, 2.05) is 0 Å². The van der Waals surface area contributed by atoms with Crippen molar-refractivity contribution < 1.29 is 25.2 Å². The number of hydrogen-bond acceptors (Lipinski definition) is 5. The van der Waals surface area contributed by atoms with Gasteiger partial charge in [-0.15, -0.1) is 0 Å². The highest BCUT2D eigenvalue weighted by Crippen LogP contribution is 2.37. The first-order valence-electron chi connectivity index (χ1n) is 5.08. The fourth-order valence-electron chi connectivity index (χ4n) is 1.52.